The molecule has 1 unspecified atom stereocenters. The lowest BCUT2D eigenvalue weighted by atomic mass is 9.98. The first-order valence-electron chi connectivity index (χ1n) is 10.7. The number of benzene rings is 2. The molecule has 3 N–H and O–H groups in total. The second-order valence-corrected chi connectivity index (χ2v) is 8.16. The molecule has 1 heterocycles. The molecule has 8 heteroatoms. The number of likely N-dealkylation sites (tertiary alicyclic amines) is 1. The van der Waals surface area contributed by atoms with E-state index < -0.39 is 36.2 Å². The molecule has 3 atom stereocenters. The molecule has 1 aliphatic heterocycles. The molecule has 1 aliphatic carbocycles. The van der Waals surface area contributed by atoms with Crippen molar-refractivity contribution in [2.45, 2.75) is 36.9 Å². The summed E-state index contributed by atoms with van der Waals surface area (Å²) < 4.78 is 5.47. The maximum absolute atomic E-state index is 12.9. The number of hydrogen-bond acceptors (Lipinski definition) is 5. The van der Waals surface area contributed by atoms with Gasteiger partial charge in [0.1, 0.15) is 18.7 Å². The number of aliphatic carboxylic acids is 1. The van der Waals surface area contributed by atoms with Crippen molar-refractivity contribution in [3.05, 3.63) is 59.7 Å². The summed E-state index contributed by atoms with van der Waals surface area (Å²) in [5.41, 5.74) is 4.29. The van der Waals surface area contributed by atoms with E-state index in [1.807, 2.05) is 48.5 Å². The molecule has 2 aromatic rings. The fraction of sp³-hybridized carbons (Fsp3) is 0.320. The number of rotatable bonds is 6. The van der Waals surface area contributed by atoms with E-state index in [-0.39, 0.29) is 31.9 Å². The number of hydrogen-bond donors (Lipinski definition) is 3. The van der Waals surface area contributed by atoms with Crippen molar-refractivity contribution in [1.29, 1.82) is 0 Å². The van der Waals surface area contributed by atoms with Crippen molar-refractivity contribution in [1.82, 2.24) is 10.2 Å². The highest BCUT2D eigenvalue weighted by Gasteiger charge is 2.41. The number of ether oxygens (including phenoxy) is 1. The minimum atomic E-state index is -1.22. The minimum Gasteiger partial charge on any atom is -0.480 e. The van der Waals surface area contributed by atoms with Crippen LogP contribution in [0.2, 0.25) is 0 Å². The molecule has 0 bridgehead atoms. The normalized spacial score (nSPS) is 19.8. The second kappa shape index (κ2) is 9.35. The fourth-order valence-corrected chi connectivity index (χ4v) is 4.59. The second-order valence-electron chi connectivity index (χ2n) is 8.16. The van der Waals surface area contributed by atoms with Crippen molar-refractivity contribution in [3.8, 4) is 23.5 Å². The average Bonchev–Trinajstić information content (AvgIpc) is 3.35. The molecular weight excluding hydrogens is 424 g/mol. The van der Waals surface area contributed by atoms with E-state index in [1.54, 1.807) is 0 Å². The molecule has 0 spiro atoms. The van der Waals surface area contributed by atoms with Gasteiger partial charge in [0, 0.05) is 25.3 Å². The largest absolute Gasteiger partial charge is 0.480 e. The van der Waals surface area contributed by atoms with Crippen molar-refractivity contribution in [3.63, 3.8) is 0 Å². The highest BCUT2D eigenvalue weighted by atomic mass is 16.5. The van der Waals surface area contributed by atoms with Gasteiger partial charge in [-0.25, -0.2) is 9.59 Å². The predicted octanol–water partition coefficient (Wildman–Crippen LogP) is 1.96. The number of carboxylic acids is 1. The van der Waals surface area contributed by atoms with Gasteiger partial charge in [0.25, 0.3) is 0 Å². The zero-order valence-corrected chi connectivity index (χ0v) is 17.8. The van der Waals surface area contributed by atoms with E-state index in [0.717, 1.165) is 27.2 Å². The summed E-state index contributed by atoms with van der Waals surface area (Å²) in [6.45, 7) is -0.0692. The van der Waals surface area contributed by atoms with Gasteiger partial charge in [-0.1, -0.05) is 48.5 Å². The average molecular weight is 448 g/mol. The Kier molecular flexibility index (Phi) is 6.33. The highest BCUT2D eigenvalue weighted by molar-refractivity contribution is 5.90. The Morgan fingerprint density at radius 3 is 2.30 bits per heavy atom. The molecule has 0 radical (unpaired) electrons. The van der Waals surface area contributed by atoms with Gasteiger partial charge in [0.15, 0.2) is 0 Å². The number of alkyl carbamates (subject to hydrolysis) is 1. The molecule has 1 saturated heterocycles. The zero-order valence-electron chi connectivity index (χ0n) is 17.8. The Bertz CT molecular complexity index is 1080. The van der Waals surface area contributed by atoms with Gasteiger partial charge in [0.05, 0.1) is 6.10 Å². The van der Waals surface area contributed by atoms with Crippen LogP contribution in [-0.4, -0.2) is 64.4 Å². The minimum absolute atomic E-state index is 0.0665. The van der Waals surface area contributed by atoms with E-state index in [9.17, 15) is 24.6 Å². The van der Waals surface area contributed by atoms with Crippen LogP contribution in [0.15, 0.2) is 48.5 Å². The van der Waals surface area contributed by atoms with Gasteiger partial charge in [-0.2, -0.15) is 0 Å². The van der Waals surface area contributed by atoms with Gasteiger partial charge in [-0.3, -0.25) is 4.79 Å². The maximum Gasteiger partial charge on any atom is 0.407 e. The Morgan fingerprint density at radius 1 is 1.12 bits per heavy atom. The lowest BCUT2D eigenvalue weighted by Crippen LogP contribution is -2.51. The van der Waals surface area contributed by atoms with Crippen molar-refractivity contribution >= 4 is 18.0 Å². The third-order valence-corrected chi connectivity index (χ3v) is 6.10. The Labute approximate surface area is 191 Å². The standard InChI is InChI=1S/C25H24N2O6/c1-2-7-21(23(29)27-13-15(28)12-22(27)24(30)31)26-25(32)33-14-20-18-10-5-3-8-16(18)17-9-4-6-11-19(17)20/h1,3-6,8-11,15,20-22,28H,7,12-14H2,(H,26,32)(H,30,31)/t15-,21?,22+/m1/s1. The fourth-order valence-electron chi connectivity index (χ4n) is 4.59. The van der Waals surface area contributed by atoms with Crippen molar-refractivity contribution in [2.24, 2.45) is 0 Å². The molecule has 4 rings (SSSR count). The van der Waals surface area contributed by atoms with E-state index in [2.05, 4.69) is 11.2 Å². The summed E-state index contributed by atoms with van der Waals surface area (Å²) in [6.07, 6.45) is 3.38. The van der Waals surface area contributed by atoms with Crippen molar-refractivity contribution < 1.29 is 29.3 Å². The molecule has 2 aliphatic rings. The summed E-state index contributed by atoms with van der Waals surface area (Å²) in [5.74, 6) is 0.301. The van der Waals surface area contributed by atoms with Gasteiger partial charge >= 0.3 is 12.1 Å². The maximum atomic E-state index is 12.9. The molecule has 1 fully saturated rings. The van der Waals surface area contributed by atoms with Crippen LogP contribution in [-0.2, 0) is 14.3 Å². The number of terminal acetylenes is 1. The van der Waals surface area contributed by atoms with Crippen molar-refractivity contribution in [2.75, 3.05) is 13.2 Å². The summed E-state index contributed by atoms with van der Waals surface area (Å²) in [6, 6.07) is 13.5. The van der Waals surface area contributed by atoms with Crippen LogP contribution in [0.25, 0.3) is 11.1 Å². The number of carbonyl (C=O) groups is 3. The highest BCUT2D eigenvalue weighted by Crippen LogP contribution is 2.44. The number of aliphatic hydroxyl groups is 1. The van der Waals surface area contributed by atoms with Gasteiger partial charge in [-0.05, 0) is 22.3 Å². The molecular formula is C25H24N2O6. The number of carbonyl (C=O) groups excluding carboxylic acids is 2. The van der Waals surface area contributed by atoms with Crippen LogP contribution in [0.1, 0.15) is 29.9 Å². The number of fused-ring (bicyclic) bond motifs is 3. The summed E-state index contributed by atoms with van der Waals surface area (Å²) in [7, 11) is 0. The Morgan fingerprint density at radius 2 is 1.73 bits per heavy atom. The SMILES string of the molecule is C#CCC(NC(=O)OCC1c2ccccc2-c2ccccc21)C(=O)N1C[C@H](O)C[C@H]1C(=O)O. The smallest absolute Gasteiger partial charge is 0.407 e. The zero-order chi connectivity index (χ0) is 23.5. The van der Waals surface area contributed by atoms with Crippen LogP contribution in [0, 0.1) is 12.3 Å². The van der Waals surface area contributed by atoms with Crippen LogP contribution in [0.3, 0.4) is 0 Å². The van der Waals surface area contributed by atoms with Crippen LogP contribution < -0.4 is 5.32 Å². The van der Waals surface area contributed by atoms with E-state index in [4.69, 9.17) is 11.2 Å². The van der Waals surface area contributed by atoms with Gasteiger partial charge < -0.3 is 25.2 Å². The molecule has 0 saturated carbocycles. The third-order valence-electron chi connectivity index (χ3n) is 6.10. The Balaban J connectivity index is 1.44. The number of amides is 2. The number of β-amino-alcohol motifs (C(OH)–C–C–N with tert-alkyl or cyclic N) is 1. The molecule has 8 nitrogen and oxygen atoms in total. The van der Waals surface area contributed by atoms with Gasteiger partial charge in [-0.15, -0.1) is 12.3 Å². The first kappa shape index (κ1) is 22.4. The summed E-state index contributed by atoms with van der Waals surface area (Å²) in [4.78, 5) is 38.0. The van der Waals surface area contributed by atoms with E-state index in [1.165, 1.54) is 0 Å². The molecule has 0 aromatic heterocycles. The quantitative estimate of drug-likeness (QED) is 0.582. The first-order chi connectivity index (χ1) is 15.9. The predicted molar refractivity (Wildman–Crippen MR) is 119 cm³/mol. The molecule has 170 valence electrons. The third kappa shape index (κ3) is 4.41. The number of nitrogens with one attached hydrogen (secondary N) is 1. The van der Waals surface area contributed by atoms with Crippen LogP contribution >= 0.6 is 0 Å². The van der Waals surface area contributed by atoms with Crippen LogP contribution in [0.5, 0.6) is 0 Å². The number of aliphatic hydroxyl groups excluding tert-OH is 1. The topological polar surface area (TPSA) is 116 Å². The lowest BCUT2D eigenvalue weighted by Gasteiger charge is -2.26. The van der Waals surface area contributed by atoms with E-state index in [0.29, 0.717) is 0 Å². The molecule has 2 amide bonds. The summed E-state index contributed by atoms with van der Waals surface area (Å²) >= 11 is 0. The Hall–Kier alpha value is -3.83. The number of nitrogens with zero attached hydrogens (tertiary/aromatic N) is 1. The first-order valence-corrected chi connectivity index (χ1v) is 10.7. The monoisotopic (exact) mass is 448 g/mol. The van der Waals surface area contributed by atoms with Crippen LogP contribution in [0.4, 0.5) is 4.79 Å². The lowest BCUT2D eigenvalue weighted by molar-refractivity contribution is -0.148. The van der Waals surface area contributed by atoms with E-state index >= 15 is 0 Å². The molecule has 33 heavy (non-hydrogen) atoms. The number of carboxylic acid groups (broad SMARTS) is 1. The van der Waals surface area contributed by atoms with Gasteiger partial charge in [0.2, 0.25) is 5.91 Å². The molecule has 2 aromatic carbocycles. The summed E-state index contributed by atoms with van der Waals surface area (Å²) in [5, 5.41) is 21.6.